The minimum atomic E-state index is -0.536. The summed E-state index contributed by atoms with van der Waals surface area (Å²) in [7, 11) is 0. The van der Waals surface area contributed by atoms with Crippen LogP contribution in [-0.4, -0.2) is 22.4 Å². The standard InChI is InChI=1S/C6H11IN2O/c7-5(10)6(8)1-3-9-4-2-6/h9H,1-4,8H2. The molecule has 10 heavy (non-hydrogen) atoms. The fourth-order valence-electron chi connectivity index (χ4n) is 1.07. The second-order valence-electron chi connectivity index (χ2n) is 2.68. The lowest BCUT2D eigenvalue weighted by Gasteiger charge is -2.30. The Morgan fingerprint density at radius 2 is 2.00 bits per heavy atom. The van der Waals surface area contributed by atoms with Crippen LogP contribution in [0.15, 0.2) is 0 Å². The monoisotopic (exact) mass is 254 g/mol. The van der Waals surface area contributed by atoms with Gasteiger partial charge >= 0.3 is 0 Å². The average molecular weight is 254 g/mol. The van der Waals surface area contributed by atoms with Crippen LogP contribution in [0.5, 0.6) is 0 Å². The first kappa shape index (κ1) is 8.42. The van der Waals surface area contributed by atoms with E-state index in [9.17, 15) is 4.79 Å². The van der Waals surface area contributed by atoms with Crippen molar-refractivity contribution in [1.82, 2.24) is 5.32 Å². The molecule has 0 unspecified atom stereocenters. The first-order valence-electron chi connectivity index (χ1n) is 3.35. The summed E-state index contributed by atoms with van der Waals surface area (Å²) in [5, 5.41) is 3.16. The van der Waals surface area contributed by atoms with Gasteiger partial charge in [0.15, 0.2) is 0 Å². The summed E-state index contributed by atoms with van der Waals surface area (Å²) in [6.45, 7) is 1.73. The third-order valence-electron chi connectivity index (χ3n) is 1.89. The number of carbonyl (C=O) groups excluding carboxylic acids is 1. The molecule has 58 valence electrons. The summed E-state index contributed by atoms with van der Waals surface area (Å²) < 4.78 is 0.0894. The molecular formula is C6H11IN2O. The van der Waals surface area contributed by atoms with Crippen LogP contribution < -0.4 is 11.1 Å². The van der Waals surface area contributed by atoms with Crippen molar-refractivity contribution in [3.05, 3.63) is 0 Å². The van der Waals surface area contributed by atoms with E-state index in [0.717, 1.165) is 25.9 Å². The predicted octanol–water partition coefficient (Wildman–Crippen LogP) is 0.0289. The number of hydrogen-bond acceptors (Lipinski definition) is 3. The normalized spacial score (nSPS) is 24.2. The fourth-order valence-corrected chi connectivity index (χ4v) is 1.61. The van der Waals surface area contributed by atoms with E-state index in [2.05, 4.69) is 5.32 Å². The number of nitrogens with two attached hydrogens (primary N) is 1. The van der Waals surface area contributed by atoms with Crippen molar-refractivity contribution in [2.75, 3.05) is 13.1 Å². The molecule has 1 aliphatic heterocycles. The molecule has 0 amide bonds. The second-order valence-corrected chi connectivity index (χ2v) is 3.66. The number of hydrogen-bond donors (Lipinski definition) is 2. The molecule has 0 aromatic carbocycles. The van der Waals surface area contributed by atoms with Gasteiger partial charge in [-0.3, -0.25) is 4.79 Å². The first-order chi connectivity index (χ1) is 4.65. The summed E-state index contributed by atoms with van der Waals surface area (Å²) in [6, 6.07) is 0. The van der Waals surface area contributed by atoms with Crippen LogP contribution >= 0.6 is 22.6 Å². The third-order valence-corrected chi connectivity index (χ3v) is 2.96. The third kappa shape index (κ3) is 1.67. The van der Waals surface area contributed by atoms with Crippen molar-refractivity contribution in [1.29, 1.82) is 0 Å². The highest BCUT2D eigenvalue weighted by molar-refractivity contribution is 14.1. The molecule has 1 rings (SSSR count). The van der Waals surface area contributed by atoms with Gasteiger partial charge in [0.2, 0.25) is 3.79 Å². The van der Waals surface area contributed by atoms with Gasteiger partial charge in [-0.2, -0.15) is 0 Å². The molecule has 0 aromatic heterocycles. The van der Waals surface area contributed by atoms with Crippen molar-refractivity contribution in [3.8, 4) is 0 Å². The van der Waals surface area contributed by atoms with E-state index in [-0.39, 0.29) is 3.79 Å². The van der Waals surface area contributed by atoms with Gasteiger partial charge in [0, 0.05) is 22.6 Å². The van der Waals surface area contributed by atoms with Crippen molar-refractivity contribution in [2.45, 2.75) is 18.4 Å². The molecule has 0 saturated carbocycles. The van der Waals surface area contributed by atoms with E-state index in [1.54, 1.807) is 22.6 Å². The molecule has 1 aliphatic rings. The molecule has 0 radical (unpaired) electrons. The number of halogens is 1. The summed E-state index contributed by atoms with van der Waals surface area (Å²) in [6.07, 6.45) is 1.55. The van der Waals surface area contributed by atoms with Crippen LogP contribution in [0.4, 0.5) is 0 Å². The second kappa shape index (κ2) is 3.15. The van der Waals surface area contributed by atoms with Gasteiger partial charge in [0.05, 0.1) is 5.54 Å². The molecule has 1 saturated heterocycles. The lowest BCUT2D eigenvalue weighted by molar-refractivity contribution is -0.114. The minimum absolute atomic E-state index is 0.0894. The van der Waals surface area contributed by atoms with E-state index in [4.69, 9.17) is 5.73 Å². The van der Waals surface area contributed by atoms with Crippen LogP contribution in [-0.2, 0) is 4.79 Å². The first-order valence-corrected chi connectivity index (χ1v) is 4.42. The molecule has 1 heterocycles. The zero-order valence-corrected chi connectivity index (χ0v) is 7.85. The molecule has 0 aliphatic carbocycles. The largest absolute Gasteiger partial charge is 0.318 e. The number of nitrogens with one attached hydrogen (secondary N) is 1. The number of rotatable bonds is 1. The summed E-state index contributed by atoms with van der Waals surface area (Å²) in [4.78, 5) is 11.0. The molecule has 0 aromatic rings. The average Bonchev–Trinajstić information content (AvgIpc) is 1.89. The SMILES string of the molecule is NC1(C(=O)I)CCNCC1. The zero-order chi connectivity index (χ0) is 7.61. The highest BCUT2D eigenvalue weighted by Crippen LogP contribution is 2.18. The van der Waals surface area contributed by atoms with E-state index in [0.29, 0.717) is 0 Å². The number of carbonyl (C=O) groups is 1. The highest BCUT2D eigenvalue weighted by Gasteiger charge is 2.32. The predicted molar refractivity (Wildman–Crippen MR) is 48.0 cm³/mol. The Balaban J connectivity index is 2.56. The molecule has 4 heteroatoms. The highest BCUT2D eigenvalue weighted by atomic mass is 127. The van der Waals surface area contributed by atoms with Crippen LogP contribution in [0, 0.1) is 0 Å². The summed E-state index contributed by atoms with van der Waals surface area (Å²) >= 11 is 1.79. The lowest BCUT2D eigenvalue weighted by atomic mass is 9.91. The minimum Gasteiger partial charge on any atom is -0.318 e. The van der Waals surface area contributed by atoms with Crippen molar-refractivity contribution < 1.29 is 4.79 Å². The molecule has 3 N–H and O–H groups in total. The Labute approximate surface area is 73.9 Å². The molecular weight excluding hydrogens is 243 g/mol. The molecule has 0 bridgehead atoms. The van der Waals surface area contributed by atoms with Crippen LogP contribution in [0.2, 0.25) is 0 Å². The van der Waals surface area contributed by atoms with E-state index in [1.807, 2.05) is 0 Å². The quantitative estimate of drug-likeness (QED) is 0.512. The Hall–Kier alpha value is 0.320. The maximum Gasteiger partial charge on any atom is 0.212 e. The van der Waals surface area contributed by atoms with Gasteiger partial charge in [-0.05, 0) is 25.9 Å². The van der Waals surface area contributed by atoms with E-state index >= 15 is 0 Å². The molecule has 0 atom stereocenters. The molecule has 0 spiro atoms. The number of piperidine rings is 1. The van der Waals surface area contributed by atoms with Crippen LogP contribution in [0.1, 0.15) is 12.8 Å². The van der Waals surface area contributed by atoms with Crippen LogP contribution in [0.25, 0.3) is 0 Å². The molecule has 3 nitrogen and oxygen atoms in total. The van der Waals surface area contributed by atoms with Gasteiger partial charge in [-0.25, -0.2) is 0 Å². The van der Waals surface area contributed by atoms with Gasteiger partial charge in [-0.1, -0.05) is 0 Å². The maximum atomic E-state index is 11.0. The topological polar surface area (TPSA) is 55.1 Å². The van der Waals surface area contributed by atoms with E-state index in [1.165, 1.54) is 0 Å². The van der Waals surface area contributed by atoms with Gasteiger partial charge in [-0.15, -0.1) is 0 Å². The Morgan fingerprint density at radius 3 is 2.30 bits per heavy atom. The Morgan fingerprint density at radius 1 is 1.50 bits per heavy atom. The van der Waals surface area contributed by atoms with E-state index < -0.39 is 5.54 Å². The lowest BCUT2D eigenvalue weighted by Crippen LogP contribution is -2.52. The van der Waals surface area contributed by atoms with Crippen LogP contribution in [0.3, 0.4) is 0 Å². The Kier molecular flexibility index (Phi) is 2.65. The van der Waals surface area contributed by atoms with Gasteiger partial charge in [0.1, 0.15) is 0 Å². The van der Waals surface area contributed by atoms with Crippen molar-refractivity contribution in [3.63, 3.8) is 0 Å². The fraction of sp³-hybridized carbons (Fsp3) is 0.833. The van der Waals surface area contributed by atoms with Crippen molar-refractivity contribution >= 4 is 26.4 Å². The maximum absolute atomic E-state index is 11.0. The van der Waals surface area contributed by atoms with Gasteiger partial charge < -0.3 is 11.1 Å². The summed E-state index contributed by atoms with van der Waals surface area (Å²) in [5.74, 6) is 0. The van der Waals surface area contributed by atoms with Gasteiger partial charge in [0.25, 0.3) is 0 Å². The smallest absolute Gasteiger partial charge is 0.212 e. The summed E-state index contributed by atoms with van der Waals surface area (Å²) in [5.41, 5.74) is 5.27. The Bertz CT molecular complexity index is 143. The zero-order valence-electron chi connectivity index (χ0n) is 5.69. The molecule has 1 fully saturated rings. The van der Waals surface area contributed by atoms with Crippen molar-refractivity contribution in [2.24, 2.45) is 5.73 Å².